The van der Waals surface area contributed by atoms with Crippen molar-refractivity contribution in [3.63, 3.8) is 0 Å². The van der Waals surface area contributed by atoms with E-state index in [9.17, 15) is 4.39 Å². The largest absolute Gasteiger partial charge is 0.438 e. The molecule has 0 aliphatic carbocycles. The Morgan fingerprint density at radius 1 is 1.35 bits per heavy atom. The second-order valence-corrected chi connectivity index (χ2v) is 5.07. The highest BCUT2D eigenvalue weighted by atomic mass is 79.9. The lowest BCUT2D eigenvalue weighted by atomic mass is 10.2. The van der Waals surface area contributed by atoms with E-state index in [2.05, 4.69) is 38.1 Å². The first-order valence-corrected chi connectivity index (χ1v) is 7.09. The van der Waals surface area contributed by atoms with E-state index in [0.29, 0.717) is 27.5 Å². The molecule has 106 valence electrons. The first kappa shape index (κ1) is 14.7. The molecule has 0 spiro atoms. The van der Waals surface area contributed by atoms with Crippen molar-refractivity contribution in [3.8, 4) is 11.6 Å². The average Bonchev–Trinajstić information content (AvgIpc) is 2.44. The third-order valence-electron chi connectivity index (χ3n) is 2.66. The van der Waals surface area contributed by atoms with Crippen molar-refractivity contribution in [1.82, 2.24) is 9.97 Å². The zero-order chi connectivity index (χ0) is 14.5. The summed E-state index contributed by atoms with van der Waals surface area (Å²) in [5.74, 6) is 1.09. The Morgan fingerprint density at radius 3 is 2.85 bits per heavy atom. The summed E-state index contributed by atoms with van der Waals surface area (Å²) >= 11 is 3.40. The fraction of sp³-hybridized carbons (Fsp3) is 0.286. The van der Waals surface area contributed by atoms with Crippen molar-refractivity contribution >= 4 is 21.7 Å². The number of rotatable bonds is 5. The Hall–Kier alpha value is -1.69. The molecule has 1 aromatic carbocycles. The summed E-state index contributed by atoms with van der Waals surface area (Å²) in [6.07, 6.45) is 2.39. The number of nitrogens with zero attached hydrogens (tertiary/aromatic N) is 2. The van der Waals surface area contributed by atoms with Crippen LogP contribution in [0.3, 0.4) is 0 Å². The van der Waals surface area contributed by atoms with Gasteiger partial charge in [-0.25, -0.2) is 14.4 Å². The molecule has 0 amide bonds. The van der Waals surface area contributed by atoms with E-state index < -0.39 is 0 Å². The molecular weight excluding hydrogens is 325 g/mol. The van der Waals surface area contributed by atoms with Gasteiger partial charge in [-0.05, 0) is 40.9 Å². The van der Waals surface area contributed by atoms with Gasteiger partial charge in [-0.15, -0.1) is 0 Å². The van der Waals surface area contributed by atoms with Gasteiger partial charge in [-0.2, -0.15) is 0 Å². The lowest BCUT2D eigenvalue weighted by Gasteiger charge is -2.10. The summed E-state index contributed by atoms with van der Waals surface area (Å²) in [6.45, 7) is 4.56. The molecule has 6 heteroatoms. The SMILES string of the molecule is CCCNc1ncnc(Oc2ccc(C)c(F)c2)c1Br. The lowest BCUT2D eigenvalue weighted by Crippen LogP contribution is -2.04. The number of aryl methyl sites for hydroxylation is 1. The van der Waals surface area contributed by atoms with Gasteiger partial charge in [0.25, 0.3) is 0 Å². The minimum absolute atomic E-state index is 0.308. The molecule has 20 heavy (non-hydrogen) atoms. The van der Waals surface area contributed by atoms with E-state index in [1.807, 2.05) is 0 Å². The highest BCUT2D eigenvalue weighted by Crippen LogP contribution is 2.32. The highest BCUT2D eigenvalue weighted by Gasteiger charge is 2.11. The van der Waals surface area contributed by atoms with Crippen molar-refractivity contribution in [2.75, 3.05) is 11.9 Å². The van der Waals surface area contributed by atoms with Crippen LogP contribution in [0.4, 0.5) is 10.2 Å². The molecule has 1 heterocycles. The van der Waals surface area contributed by atoms with Gasteiger partial charge in [-0.1, -0.05) is 13.0 Å². The van der Waals surface area contributed by atoms with Crippen LogP contribution in [0.15, 0.2) is 29.0 Å². The van der Waals surface area contributed by atoms with Gasteiger partial charge < -0.3 is 10.1 Å². The predicted octanol–water partition coefficient (Wildman–Crippen LogP) is 4.30. The van der Waals surface area contributed by atoms with Crippen molar-refractivity contribution in [3.05, 3.63) is 40.4 Å². The van der Waals surface area contributed by atoms with Crippen molar-refractivity contribution in [1.29, 1.82) is 0 Å². The van der Waals surface area contributed by atoms with Gasteiger partial charge in [-0.3, -0.25) is 0 Å². The first-order chi connectivity index (χ1) is 9.61. The Labute approximate surface area is 125 Å². The zero-order valence-corrected chi connectivity index (χ0v) is 12.9. The molecule has 1 N–H and O–H groups in total. The topological polar surface area (TPSA) is 47.0 Å². The van der Waals surface area contributed by atoms with Crippen molar-refractivity contribution < 1.29 is 9.13 Å². The smallest absolute Gasteiger partial charge is 0.238 e. The van der Waals surface area contributed by atoms with Gasteiger partial charge >= 0.3 is 0 Å². The molecule has 0 unspecified atom stereocenters. The van der Waals surface area contributed by atoms with Crippen molar-refractivity contribution in [2.24, 2.45) is 0 Å². The van der Waals surface area contributed by atoms with Crippen molar-refractivity contribution in [2.45, 2.75) is 20.3 Å². The summed E-state index contributed by atoms with van der Waals surface area (Å²) in [6, 6.07) is 4.70. The van der Waals surface area contributed by atoms with Crippen LogP contribution < -0.4 is 10.1 Å². The van der Waals surface area contributed by atoms with Gasteiger partial charge in [0, 0.05) is 12.6 Å². The number of benzene rings is 1. The summed E-state index contributed by atoms with van der Waals surface area (Å²) in [7, 11) is 0. The third kappa shape index (κ3) is 3.45. The number of anilines is 1. The standard InChI is InChI=1S/C14H15BrFN3O/c1-3-6-17-13-12(15)14(19-8-18-13)20-10-5-4-9(2)11(16)7-10/h4-5,7-8H,3,6H2,1-2H3,(H,17,18,19). The normalized spacial score (nSPS) is 10.4. The molecule has 0 radical (unpaired) electrons. The molecule has 0 saturated heterocycles. The van der Waals surface area contributed by atoms with E-state index in [1.165, 1.54) is 12.4 Å². The molecule has 0 fully saturated rings. The minimum Gasteiger partial charge on any atom is -0.438 e. The number of ether oxygens (including phenoxy) is 1. The Balaban J connectivity index is 2.22. The molecule has 2 rings (SSSR count). The maximum atomic E-state index is 13.5. The molecule has 0 bridgehead atoms. The van der Waals surface area contributed by atoms with Crippen LogP contribution in [0.1, 0.15) is 18.9 Å². The average molecular weight is 340 g/mol. The summed E-state index contributed by atoms with van der Waals surface area (Å²) in [5, 5.41) is 3.16. The number of aromatic nitrogens is 2. The van der Waals surface area contributed by atoms with Gasteiger partial charge in [0.05, 0.1) is 0 Å². The molecular formula is C14H15BrFN3O. The summed E-state index contributed by atoms with van der Waals surface area (Å²) in [5.41, 5.74) is 0.574. The molecule has 0 aliphatic heterocycles. The number of nitrogens with one attached hydrogen (secondary N) is 1. The van der Waals surface area contributed by atoms with E-state index in [1.54, 1.807) is 19.1 Å². The van der Waals surface area contributed by atoms with E-state index >= 15 is 0 Å². The number of halogens is 2. The molecule has 0 atom stereocenters. The fourth-order valence-corrected chi connectivity index (χ4v) is 1.97. The van der Waals surface area contributed by atoms with Crippen LogP contribution in [0, 0.1) is 12.7 Å². The van der Waals surface area contributed by atoms with Crippen LogP contribution in [-0.2, 0) is 0 Å². The van der Waals surface area contributed by atoms with E-state index in [4.69, 9.17) is 4.74 Å². The number of hydrogen-bond donors (Lipinski definition) is 1. The van der Waals surface area contributed by atoms with Gasteiger partial charge in [0.2, 0.25) is 5.88 Å². The van der Waals surface area contributed by atoms with E-state index in [0.717, 1.165) is 13.0 Å². The zero-order valence-electron chi connectivity index (χ0n) is 11.3. The minimum atomic E-state index is -0.308. The molecule has 4 nitrogen and oxygen atoms in total. The Morgan fingerprint density at radius 2 is 2.15 bits per heavy atom. The predicted molar refractivity (Wildman–Crippen MR) is 79.7 cm³/mol. The molecule has 0 saturated carbocycles. The first-order valence-electron chi connectivity index (χ1n) is 6.30. The van der Waals surface area contributed by atoms with Crippen LogP contribution in [0.25, 0.3) is 0 Å². The Kier molecular flexibility index (Phi) is 4.89. The second-order valence-electron chi connectivity index (χ2n) is 4.28. The summed E-state index contributed by atoms with van der Waals surface area (Å²) in [4.78, 5) is 8.18. The quantitative estimate of drug-likeness (QED) is 0.882. The van der Waals surface area contributed by atoms with Crippen LogP contribution in [0.2, 0.25) is 0 Å². The van der Waals surface area contributed by atoms with Gasteiger partial charge in [0.1, 0.15) is 28.2 Å². The van der Waals surface area contributed by atoms with Crippen LogP contribution in [0.5, 0.6) is 11.6 Å². The molecule has 1 aromatic heterocycles. The number of hydrogen-bond acceptors (Lipinski definition) is 4. The van der Waals surface area contributed by atoms with Gasteiger partial charge in [0.15, 0.2) is 0 Å². The van der Waals surface area contributed by atoms with Crippen LogP contribution >= 0.6 is 15.9 Å². The monoisotopic (exact) mass is 339 g/mol. The molecule has 0 aliphatic rings. The van der Waals surface area contributed by atoms with E-state index in [-0.39, 0.29) is 5.82 Å². The molecule has 2 aromatic rings. The fourth-order valence-electron chi connectivity index (χ4n) is 1.54. The Bertz CT molecular complexity index is 607. The maximum absolute atomic E-state index is 13.5. The highest BCUT2D eigenvalue weighted by molar-refractivity contribution is 9.10. The second kappa shape index (κ2) is 6.65. The summed E-state index contributed by atoms with van der Waals surface area (Å²) < 4.78 is 19.7. The lowest BCUT2D eigenvalue weighted by molar-refractivity contribution is 0.453. The van der Waals surface area contributed by atoms with Crippen LogP contribution in [-0.4, -0.2) is 16.5 Å². The third-order valence-corrected chi connectivity index (χ3v) is 3.37. The maximum Gasteiger partial charge on any atom is 0.238 e.